The molecule has 1 saturated heterocycles. The van der Waals surface area contributed by atoms with Crippen molar-refractivity contribution in [3.63, 3.8) is 0 Å². The molecule has 2 rings (SSSR count). The molecule has 0 spiro atoms. The predicted molar refractivity (Wildman–Crippen MR) is 84.4 cm³/mol. The first-order valence-electron chi connectivity index (χ1n) is 7.61. The van der Waals surface area contributed by atoms with E-state index < -0.39 is 0 Å². The summed E-state index contributed by atoms with van der Waals surface area (Å²) in [5.74, 6) is 0.136. The fraction of sp³-hybridized carbons (Fsp3) is 0.529. The first-order valence-corrected chi connectivity index (χ1v) is 7.61. The van der Waals surface area contributed by atoms with Gasteiger partial charge < -0.3 is 9.80 Å². The zero-order valence-electron chi connectivity index (χ0n) is 13.2. The van der Waals surface area contributed by atoms with Gasteiger partial charge in [-0.1, -0.05) is 6.07 Å². The molecule has 0 N–H and O–H groups in total. The first-order chi connectivity index (χ1) is 9.97. The highest BCUT2D eigenvalue weighted by atomic mass is 16.2. The Morgan fingerprint density at radius 2 is 1.67 bits per heavy atom. The Hall–Kier alpha value is -1.84. The number of hydrogen-bond donors (Lipinski definition) is 0. The molecular formula is C17H24N2O2. The Bertz CT molecular complexity index is 513. The van der Waals surface area contributed by atoms with Crippen LogP contribution in [0.3, 0.4) is 0 Å². The molecule has 21 heavy (non-hydrogen) atoms. The molecule has 4 heteroatoms. The summed E-state index contributed by atoms with van der Waals surface area (Å²) in [6.45, 7) is 7.77. The van der Waals surface area contributed by atoms with Crippen molar-refractivity contribution >= 4 is 17.5 Å². The molecule has 1 aliphatic rings. The molecule has 0 saturated carbocycles. The quantitative estimate of drug-likeness (QED) is 0.854. The number of anilines is 1. The van der Waals surface area contributed by atoms with E-state index in [2.05, 4.69) is 6.07 Å². The lowest BCUT2D eigenvalue weighted by Crippen LogP contribution is -2.35. The Labute approximate surface area is 126 Å². The lowest BCUT2D eigenvalue weighted by molar-refractivity contribution is -0.129. The van der Waals surface area contributed by atoms with Gasteiger partial charge >= 0.3 is 0 Å². The van der Waals surface area contributed by atoms with Crippen LogP contribution in [0.1, 0.15) is 37.3 Å². The van der Waals surface area contributed by atoms with E-state index in [0.29, 0.717) is 13.0 Å². The summed E-state index contributed by atoms with van der Waals surface area (Å²) in [6, 6.07) is 6.07. The zero-order chi connectivity index (χ0) is 15.4. The fourth-order valence-electron chi connectivity index (χ4n) is 2.91. The maximum absolute atomic E-state index is 12.1. The minimum atomic E-state index is -0.0192. The van der Waals surface area contributed by atoms with Gasteiger partial charge in [0.2, 0.25) is 11.8 Å². The van der Waals surface area contributed by atoms with Crippen molar-refractivity contribution < 1.29 is 9.59 Å². The molecule has 0 radical (unpaired) electrons. The number of hydrogen-bond acceptors (Lipinski definition) is 2. The lowest BCUT2D eigenvalue weighted by atomic mass is 10.1. The second-order valence-corrected chi connectivity index (χ2v) is 5.85. The normalized spacial score (nSPS) is 14.3. The highest BCUT2D eigenvalue weighted by Gasteiger charge is 2.20. The molecule has 0 unspecified atom stereocenters. The Kier molecular flexibility index (Phi) is 4.99. The highest BCUT2D eigenvalue weighted by molar-refractivity contribution is 5.92. The van der Waals surface area contributed by atoms with E-state index in [9.17, 15) is 9.59 Å². The summed E-state index contributed by atoms with van der Waals surface area (Å²) in [5, 5.41) is 0. The number of nitrogens with zero attached hydrogens (tertiary/aromatic N) is 2. The third-order valence-electron chi connectivity index (χ3n) is 3.91. The SMILES string of the molecule is CC(=O)N(CCC(=O)N1CCCC1)c1cc(C)cc(C)c1. The minimum Gasteiger partial charge on any atom is -0.343 e. The van der Waals surface area contributed by atoms with Gasteiger partial charge in [0.15, 0.2) is 0 Å². The van der Waals surface area contributed by atoms with Crippen LogP contribution < -0.4 is 4.90 Å². The molecule has 114 valence electrons. The molecule has 0 aromatic heterocycles. The smallest absolute Gasteiger partial charge is 0.224 e. The van der Waals surface area contributed by atoms with E-state index >= 15 is 0 Å². The highest BCUT2D eigenvalue weighted by Crippen LogP contribution is 2.20. The number of aryl methyl sites for hydroxylation is 2. The number of carbonyl (C=O) groups is 2. The Morgan fingerprint density at radius 3 is 2.19 bits per heavy atom. The second-order valence-electron chi connectivity index (χ2n) is 5.85. The minimum absolute atomic E-state index is 0.0192. The zero-order valence-corrected chi connectivity index (χ0v) is 13.2. The van der Waals surface area contributed by atoms with Gasteiger partial charge in [0.25, 0.3) is 0 Å². The van der Waals surface area contributed by atoms with Gasteiger partial charge in [-0.25, -0.2) is 0 Å². The van der Waals surface area contributed by atoms with Crippen molar-refractivity contribution in [2.75, 3.05) is 24.5 Å². The average molecular weight is 288 g/mol. The average Bonchev–Trinajstić information content (AvgIpc) is 2.91. The standard InChI is InChI=1S/C17H24N2O2/c1-13-10-14(2)12-16(11-13)19(15(3)20)9-6-17(21)18-7-4-5-8-18/h10-12H,4-9H2,1-3H3. The van der Waals surface area contributed by atoms with Crippen LogP contribution in [-0.4, -0.2) is 36.3 Å². The van der Waals surface area contributed by atoms with Crippen LogP contribution in [0.15, 0.2) is 18.2 Å². The predicted octanol–water partition coefficient (Wildman–Crippen LogP) is 2.67. The lowest BCUT2D eigenvalue weighted by Gasteiger charge is -2.23. The van der Waals surface area contributed by atoms with E-state index in [-0.39, 0.29) is 11.8 Å². The van der Waals surface area contributed by atoms with Crippen molar-refractivity contribution in [2.45, 2.75) is 40.0 Å². The van der Waals surface area contributed by atoms with Gasteiger partial charge in [-0.3, -0.25) is 9.59 Å². The van der Waals surface area contributed by atoms with Gasteiger partial charge in [0.1, 0.15) is 0 Å². The van der Waals surface area contributed by atoms with Crippen LogP contribution >= 0.6 is 0 Å². The van der Waals surface area contributed by atoms with E-state index in [1.807, 2.05) is 30.9 Å². The van der Waals surface area contributed by atoms with Gasteiger partial charge in [-0.15, -0.1) is 0 Å². The third kappa shape index (κ3) is 4.06. The number of rotatable bonds is 4. The van der Waals surface area contributed by atoms with Crippen molar-refractivity contribution in [1.29, 1.82) is 0 Å². The number of amides is 2. The number of carbonyl (C=O) groups excluding carboxylic acids is 2. The monoisotopic (exact) mass is 288 g/mol. The molecular weight excluding hydrogens is 264 g/mol. The van der Waals surface area contributed by atoms with Gasteiger partial charge in [0.05, 0.1) is 0 Å². The molecule has 4 nitrogen and oxygen atoms in total. The van der Waals surface area contributed by atoms with Crippen LogP contribution in [0.4, 0.5) is 5.69 Å². The molecule has 2 amide bonds. The molecule has 0 bridgehead atoms. The third-order valence-corrected chi connectivity index (χ3v) is 3.91. The molecule has 1 aromatic carbocycles. The van der Waals surface area contributed by atoms with Crippen molar-refractivity contribution in [1.82, 2.24) is 4.90 Å². The van der Waals surface area contributed by atoms with Crippen LogP contribution in [-0.2, 0) is 9.59 Å². The fourth-order valence-corrected chi connectivity index (χ4v) is 2.91. The second kappa shape index (κ2) is 6.74. The van der Waals surface area contributed by atoms with E-state index in [1.54, 1.807) is 11.8 Å². The summed E-state index contributed by atoms with van der Waals surface area (Å²) in [4.78, 5) is 27.6. The van der Waals surface area contributed by atoms with Crippen molar-refractivity contribution in [2.24, 2.45) is 0 Å². The molecule has 0 atom stereocenters. The Balaban J connectivity index is 2.05. The topological polar surface area (TPSA) is 40.6 Å². The maximum atomic E-state index is 12.1. The van der Waals surface area contributed by atoms with Crippen molar-refractivity contribution in [3.8, 4) is 0 Å². The summed E-state index contributed by atoms with van der Waals surface area (Å²) in [7, 11) is 0. The largest absolute Gasteiger partial charge is 0.343 e. The van der Waals surface area contributed by atoms with E-state index in [0.717, 1.165) is 42.7 Å². The van der Waals surface area contributed by atoms with Crippen LogP contribution in [0, 0.1) is 13.8 Å². The molecule has 0 aliphatic carbocycles. The van der Waals surface area contributed by atoms with Crippen molar-refractivity contribution in [3.05, 3.63) is 29.3 Å². The summed E-state index contributed by atoms with van der Waals surface area (Å²) >= 11 is 0. The van der Waals surface area contributed by atoms with Gasteiger partial charge in [0, 0.05) is 38.7 Å². The molecule has 1 aliphatic heterocycles. The van der Waals surface area contributed by atoms with Crippen LogP contribution in [0.2, 0.25) is 0 Å². The van der Waals surface area contributed by atoms with Gasteiger partial charge in [-0.05, 0) is 49.9 Å². The summed E-state index contributed by atoms with van der Waals surface area (Å²) in [6.07, 6.45) is 2.59. The summed E-state index contributed by atoms with van der Waals surface area (Å²) < 4.78 is 0. The van der Waals surface area contributed by atoms with Crippen LogP contribution in [0.25, 0.3) is 0 Å². The summed E-state index contributed by atoms with van der Waals surface area (Å²) in [5.41, 5.74) is 3.14. The Morgan fingerprint density at radius 1 is 1.10 bits per heavy atom. The van der Waals surface area contributed by atoms with E-state index in [4.69, 9.17) is 0 Å². The number of likely N-dealkylation sites (tertiary alicyclic amines) is 1. The molecule has 1 heterocycles. The molecule has 1 fully saturated rings. The first kappa shape index (κ1) is 15.5. The maximum Gasteiger partial charge on any atom is 0.224 e. The number of benzene rings is 1. The van der Waals surface area contributed by atoms with E-state index in [1.165, 1.54) is 0 Å². The van der Waals surface area contributed by atoms with Crippen LogP contribution in [0.5, 0.6) is 0 Å². The van der Waals surface area contributed by atoms with Gasteiger partial charge in [-0.2, -0.15) is 0 Å². The molecule has 1 aromatic rings.